The molecule has 0 saturated carbocycles. The first-order valence-corrected chi connectivity index (χ1v) is 7.59. The van der Waals surface area contributed by atoms with Crippen molar-refractivity contribution in [1.82, 2.24) is 10.2 Å². The van der Waals surface area contributed by atoms with Crippen molar-refractivity contribution >= 4 is 17.0 Å². The van der Waals surface area contributed by atoms with Crippen LogP contribution in [0.15, 0.2) is 23.7 Å². The zero-order chi connectivity index (χ0) is 13.8. The lowest BCUT2D eigenvalue weighted by molar-refractivity contribution is 0.831. The number of hydrogen-bond acceptors (Lipinski definition) is 4. The quantitative estimate of drug-likeness (QED) is 0.879. The number of nitrogens with zero attached hydrogens (tertiary/aromatic N) is 2. The van der Waals surface area contributed by atoms with E-state index in [1.54, 1.807) is 16.8 Å². The average molecular weight is 275 g/mol. The molecular weight excluding hydrogens is 254 g/mol. The number of para-hydroxylation sites is 1. The lowest BCUT2D eigenvalue weighted by atomic mass is 9.92. The van der Waals surface area contributed by atoms with Gasteiger partial charge in [0.15, 0.2) is 0 Å². The molecule has 0 unspecified atom stereocenters. The van der Waals surface area contributed by atoms with Gasteiger partial charge in [-0.15, -0.1) is 21.5 Å². The van der Waals surface area contributed by atoms with E-state index in [2.05, 4.69) is 61.4 Å². The molecule has 1 aromatic carbocycles. The van der Waals surface area contributed by atoms with E-state index in [1.165, 1.54) is 16.8 Å². The molecule has 0 radical (unpaired) electrons. The summed E-state index contributed by atoms with van der Waals surface area (Å²) in [5.74, 6) is 1.02. The van der Waals surface area contributed by atoms with Crippen LogP contribution in [0.2, 0.25) is 0 Å². The van der Waals surface area contributed by atoms with E-state index in [-0.39, 0.29) is 0 Å². The molecule has 3 nitrogen and oxygen atoms in total. The fourth-order valence-electron chi connectivity index (χ4n) is 2.19. The van der Waals surface area contributed by atoms with Gasteiger partial charge in [-0.2, -0.15) is 0 Å². The van der Waals surface area contributed by atoms with Crippen molar-refractivity contribution in [2.45, 2.75) is 46.1 Å². The third-order valence-corrected chi connectivity index (χ3v) is 3.89. The SMILES string of the molecule is CC(C)c1cccc(C(C)C)c1NCc1nncs1. The summed E-state index contributed by atoms with van der Waals surface area (Å²) < 4.78 is 0. The van der Waals surface area contributed by atoms with Gasteiger partial charge in [0.1, 0.15) is 10.5 Å². The highest BCUT2D eigenvalue weighted by atomic mass is 32.1. The molecule has 1 heterocycles. The summed E-state index contributed by atoms with van der Waals surface area (Å²) in [4.78, 5) is 0. The second-order valence-electron chi connectivity index (χ2n) is 5.31. The van der Waals surface area contributed by atoms with E-state index in [1.807, 2.05) is 0 Å². The molecule has 0 saturated heterocycles. The van der Waals surface area contributed by atoms with Crippen LogP contribution in [0.1, 0.15) is 55.7 Å². The summed E-state index contributed by atoms with van der Waals surface area (Å²) >= 11 is 1.59. The van der Waals surface area contributed by atoms with Gasteiger partial charge in [-0.05, 0) is 23.0 Å². The minimum Gasteiger partial charge on any atom is -0.378 e. The first kappa shape index (κ1) is 14.0. The molecule has 102 valence electrons. The first-order valence-electron chi connectivity index (χ1n) is 6.71. The molecule has 0 aliphatic carbocycles. The third kappa shape index (κ3) is 3.32. The Hall–Kier alpha value is -1.42. The number of rotatable bonds is 5. The van der Waals surface area contributed by atoms with Gasteiger partial charge in [0.05, 0.1) is 6.54 Å². The van der Waals surface area contributed by atoms with Gasteiger partial charge in [-0.25, -0.2) is 0 Å². The largest absolute Gasteiger partial charge is 0.378 e. The minimum atomic E-state index is 0.510. The normalized spacial score (nSPS) is 11.3. The maximum Gasteiger partial charge on any atom is 0.136 e. The third-order valence-electron chi connectivity index (χ3n) is 3.19. The molecule has 2 aromatic rings. The molecular formula is C15H21N3S. The standard InChI is InChI=1S/C15H21N3S/c1-10(2)12-6-5-7-13(11(3)4)15(12)16-8-14-18-17-9-19-14/h5-7,9-11,16H,8H2,1-4H3. The van der Waals surface area contributed by atoms with E-state index >= 15 is 0 Å². The fourth-order valence-corrected chi connectivity index (χ4v) is 2.66. The highest BCUT2D eigenvalue weighted by Gasteiger charge is 2.13. The van der Waals surface area contributed by atoms with Crippen molar-refractivity contribution < 1.29 is 0 Å². The highest BCUT2D eigenvalue weighted by molar-refractivity contribution is 7.09. The molecule has 0 bridgehead atoms. The van der Waals surface area contributed by atoms with Gasteiger partial charge in [-0.1, -0.05) is 45.9 Å². The van der Waals surface area contributed by atoms with E-state index in [0.29, 0.717) is 11.8 Å². The van der Waals surface area contributed by atoms with Gasteiger partial charge in [-0.3, -0.25) is 0 Å². The zero-order valence-electron chi connectivity index (χ0n) is 12.0. The van der Waals surface area contributed by atoms with Crippen molar-refractivity contribution in [2.75, 3.05) is 5.32 Å². The monoisotopic (exact) mass is 275 g/mol. The molecule has 0 spiro atoms. The lowest BCUT2D eigenvalue weighted by Crippen LogP contribution is -2.07. The molecule has 1 aromatic heterocycles. The second kappa shape index (κ2) is 6.15. The maximum atomic E-state index is 4.09. The Kier molecular flexibility index (Phi) is 4.53. The fraction of sp³-hybridized carbons (Fsp3) is 0.467. The van der Waals surface area contributed by atoms with Crippen LogP contribution < -0.4 is 5.32 Å². The second-order valence-corrected chi connectivity index (χ2v) is 6.22. The van der Waals surface area contributed by atoms with Gasteiger partial charge >= 0.3 is 0 Å². The van der Waals surface area contributed by atoms with E-state index < -0.39 is 0 Å². The summed E-state index contributed by atoms with van der Waals surface area (Å²) in [7, 11) is 0. The van der Waals surface area contributed by atoms with Crippen LogP contribution in [-0.2, 0) is 6.54 Å². The summed E-state index contributed by atoms with van der Waals surface area (Å²) in [5.41, 5.74) is 5.78. The predicted octanol–water partition coefficient (Wildman–Crippen LogP) is 4.40. The van der Waals surface area contributed by atoms with Crippen LogP contribution in [0.5, 0.6) is 0 Å². The summed E-state index contributed by atoms with van der Waals surface area (Å²) in [6, 6.07) is 6.57. The maximum absolute atomic E-state index is 4.09. The van der Waals surface area contributed by atoms with Crippen molar-refractivity contribution in [3.05, 3.63) is 39.8 Å². The van der Waals surface area contributed by atoms with Gasteiger partial charge in [0.2, 0.25) is 0 Å². The van der Waals surface area contributed by atoms with Crippen LogP contribution in [0.25, 0.3) is 0 Å². The van der Waals surface area contributed by atoms with Gasteiger partial charge < -0.3 is 5.32 Å². The Morgan fingerprint density at radius 3 is 2.21 bits per heavy atom. The van der Waals surface area contributed by atoms with Gasteiger partial charge in [0, 0.05) is 5.69 Å². The molecule has 0 atom stereocenters. The topological polar surface area (TPSA) is 37.8 Å². The molecule has 0 aliphatic heterocycles. The molecule has 0 aliphatic rings. The number of hydrogen-bond donors (Lipinski definition) is 1. The van der Waals surface area contributed by atoms with Crippen LogP contribution in [0.3, 0.4) is 0 Å². The molecule has 19 heavy (non-hydrogen) atoms. The first-order chi connectivity index (χ1) is 9.09. The zero-order valence-corrected chi connectivity index (χ0v) is 12.8. The van der Waals surface area contributed by atoms with E-state index in [9.17, 15) is 0 Å². The summed E-state index contributed by atoms with van der Waals surface area (Å²) in [5, 5.41) is 12.5. The van der Waals surface area contributed by atoms with E-state index in [4.69, 9.17) is 0 Å². The minimum absolute atomic E-state index is 0.510. The predicted molar refractivity (Wildman–Crippen MR) is 81.9 cm³/mol. The Morgan fingerprint density at radius 2 is 1.74 bits per heavy atom. The van der Waals surface area contributed by atoms with Crippen LogP contribution in [0, 0.1) is 0 Å². The molecule has 4 heteroatoms. The Morgan fingerprint density at radius 1 is 1.11 bits per heavy atom. The van der Waals surface area contributed by atoms with Crippen molar-refractivity contribution in [3.8, 4) is 0 Å². The van der Waals surface area contributed by atoms with Crippen molar-refractivity contribution in [3.63, 3.8) is 0 Å². The summed E-state index contributed by atoms with van der Waals surface area (Å²) in [6.07, 6.45) is 0. The molecule has 0 amide bonds. The number of aromatic nitrogens is 2. The Balaban J connectivity index is 2.29. The van der Waals surface area contributed by atoms with E-state index in [0.717, 1.165) is 11.6 Å². The highest BCUT2D eigenvalue weighted by Crippen LogP contribution is 2.32. The van der Waals surface area contributed by atoms with Crippen LogP contribution in [-0.4, -0.2) is 10.2 Å². The molecule has 0 fully saturated rings. The van der Waals surface area contributed by atoms with Crippen LogP contribution in [0.4, 0.5) is 5.69 Å². The van der Waals surface area contributed by atoms with Crippen molar-refractivity contribution in [2.24, 2.45) is 0 Å². The molecule has 1 N–H and O–H groups in total. The average Bonchev–Trinajstić information content (AvgIpc) is 2.88. The number of anilines is 1. The number of nitrogens with one attached hydrogen (secondary N) is 1. The van der Waals surface area contributed by atoms with Crippen LogP contribution >= 0.6 is 11.3 Å². The smallest absolute Gasteiger partial charge is 0.136 e. The summed E-state index contributed by atoms with van der Waals surface area (Å²) in [6.45, 7) is 9.67. The Labute approximate surface area is 119 Å². The Bertz CT molecular complexity index is 492. The molecule has 2 rings (SSSR count). The van der Waals surface area contributed by atoms with Crippen molar-refractivity contribution in [1.29, 1.82) is 0 Å². The number of benzene rings is 1. The lowest BCUT2D eigenvalue weighted by Gasteiger charge is -2.20. The van der Waals surface area contributed by atoms with Gasteiger partial charge in [0.25, 0.3) is 0 Å².